The Hall–Kier alpha value is -3.68. The fourth-order valence-electron chi connectivity index (χ4n) is 4.43. The van der Waals surface area contributed by atoms with Gasteiger partial charge in [-0.05, 0) is 41.0 Å². The van der Waals surface area contributed by atoms with Gasteiger partial charge in [0.2, 0.25) is 0 Å². The summed E-state index contributed by atoms with van der Waals surface area (Å²) in [4.78, 5) is 27.9. The third-order valence-corrected chi connectivity index (χ3v) is 6.29. The molecule has 7 heteroatoms. The molecule has 7 nitrogen and oxygen atoms in total. The molecule has 1 unspecified atom stereocenters. The summed E-state index contributed by atoms with van der Waals surface area (Å²) >= 11 is 0. The van der Waals surface area contributed by atoms with Crippen LogP contribution >= 0.6 is 0 Å². The monoisotopic (exact) mass is 471 g/mol. The van der Waals surface area contributed by atoms with E-state index in [0.717, 1.165) is 49.7 Å². The summed E-state index contributed by atoms with van der Waals surface area (Å²) in [6.45, 7) is 4.73. The van der Waals surface area contributed by atoms with Crippen molar-refractivity contribution in [3.63, 3.8) is 0 Å². The van der Waals surface area contributed by atoms with E-state index in [9.17, 15) is 9.59 Å². The number of benzene rings is 3. The maximum atomic E-state index is 12.8. The molecule has 1 fully saturated rings. The molecule has 2 amide bonds. The number of morpholine rings is 1. The lowest BCUT2D eigenvalue weighted by Gasteiger charge is -2.26. The van der Waals surface area contributed by atoms with Gasteiger partial charge in [0, 0.05) is 43.9 Å². The van der Waals surface area contributed by atoms with E-state index in [4.69, 9.17) is 9.47 Å². The number of nitrogens with zero attached hydrogens (tertiary/aromatic N) is 1. The summed E-state index contributed by atoms with van der Waals surface area (Å²) < 4.78 is 11.2. The average molecular weight is 472 g/mol. The van der Waals surface area contributed by atoms with Gasteiger partial charge in [0.25, 0.3) is 11.8 Å². The highest BCUT2D eigenvalue weighted by Crippen LogP contribution is 2.28. The smallest absolute Gasteiger partial charge is 0.265 e. The van der Waals surface area contributed by atoms with E-state index >= 15 is 0 Å². The first-order chi connectivity index (χ1) is 17.1. The summed E-state index contributed by atoms with van der Waals surface area (Å²) in [5.74, 6) is 0.329. The van der Waals surface area contributed by atoms with Crippen molar-refractivity contribution in [1.82, 2.24) is 10.2 Å². The number of carbonyl (C=O) groups excluding carboxylic acids is 2. The number of ether oxygens (including phenoxy) is 2. The number of carbonyl (C=O) groups is 2. The minimum Gasteiger partial charge on any atom is -0.480 e. The van der Waals surface area contributed by atoms with E-state index in [0.29, 0.717) is 24.2 Å². The SMILES string of the molecule is O=C(NCc1cccc(CN2CCOCC2)c1)c1cccc(NC(=O)C2Cc3ccccc3O2)c1. The Kier molecular flexibility index (Phi) is 7.07. The van der Waals surface area contributed by atoms with E-state index in [1.165, 1.54) is 5.56 Å². The Balaban J connectivity index is 1.15. The zero-order valence-electron chi connectivity index (χ0n) is 19.5. The number of hydrogen-bond acceptors (Lipinski definition) is 5. The molecule has 0 radical (unpaired) electrons. The standard InChI is InChI=1S/C28H29N3O4/c32-27(29-18-20-5-3-6-21(15-20)19-31-11-13-34-14-12-31)23-8-4-9-24(16-23)30-28(33)26-17-22-7-1-2-10-25(22)35-26/h1-10,15-16,26H,11-14,17-19H2,(H,29,32)(H,30,33). The lowest BCUT2D eigenvalue weighted by Crippen LogP contribution is -2.35. The van der Waals surface area contributed by atoms with Crippen LogP contribution in [-0.4, -0.2) is 49.1 Å². The normalized spacial score (nSPS) is 17.3. The number of para-hydroxylation sites is 1. The van der Waals surface area contributed by atoms with Crippen LogP contribution in [0.25, 0.3) is 0 Å². The fraction of sp³-hybridized carbons (Fsp3) is 0.286. The van der Waals surface area contributed by atoms with Crippen LogP contribution in [0.2, 0.25) is 0 Å². The number of nitrogens with one attached hydrogen (secondary N) is 2. The van der Waals surface area contributed by atoms with Gasteiger partial charge < -0.3 is 20.1 Å². The molecule has 2 N–H and O–H groups in total. The Morgan fingerprint density at radius 3 is 2.57 bits per heavy atom. The van der Waals surface area contributed by atoms with Crippen molar-refractivity contribution in [2.45, 2.75) is 25.6 Å². The average Bonchev–Trinajstić information content (AvgIpc) is 3.33. The molecular formula is C28H29N3O4. The minimum atomic E-state index is -0.574. The summed E-state index contributed by atoms with van der Waals surface area (Å²) in [6.07, 6.45) is -0.0399. The summed E-state index contributed by atoms with van der Waals surface area (Å²) in [6, 6.07) is 22.9. The maximum absolute atomic E-state index is 12.8. The van der Waals surface area contributed by atoms with E-state index < -0.39 is 6.10 Å². The number of hydrogen-bond donors (Lipinski definition) is 2. The van der Waals surface area contributed by atoms with Crippen molar-refractivity contribution in [3.05, 3.63) is 95.1 Å². The zero-order valence-corrected chi connectivity index (χ0v) is 19.5. The van der Waals surface area contributed by atoms with Crippen molar-refractivity contribution in [2.24, 2.45) is 0 Å². The molecule has 1 atom stereocenters. The zero-order chi connectivity index (χ0) is 24.0. The van der Waals surface area contributed by atoms with Gasteiger partial charge in [-0.1, -0.05) is 48.5 Å². The number of amides is 2. The molecule has 3 aromatic carbocycles. The third kappa shape index (κ3) is 5.88. The van der Waals surface area contributed by atoms with Crippen molar-refractivity contribution in [3.8, 4) is 5.75 Å². The number of fused-ring (bicyclic) bond motifs is 1. The second-order valence-electron chi connectivity index (χ2n) is 8.88. The summed E-state index contributed by atoms with van der Waals surface area (Å²) in [7, 11) is 0. The summed E-state index contributed by atoms with van der Waals surface area (Å²) in [5, 5.41) is 5.86. The van der Waals surface area contributed by atoms with E-state index in [1.807, 2.05) is 36.4 Å². The molecule has 3 aromatic rings. The first-order valence-corrected chi connectivity index (χ1v) is 12.0. The van der Waals surface area contributed by atoms with E-state index in [2.05, 4.69) is 27.7 Å². The van der Waals surface area contributed by atoms with Crippen LogP contribution in [0, 0.1) is 0 Å². The molecule has 180 valence electrons. The number of anilines is 1. The van der Waals surface area contributed by atoms with Crippen molar-refractivity contribution >= 4 is 17.5 Å². The van der Waals surface area contributed by atoms with Crippen LogP contribution in [0.5, 0.6) is 5.75 Å². The van der Waals surface area contributed by atoms with Gasteiger partial charge in [-0.15, -0.1) is 0 Å². The van der Waals surface area contributed by atoms with Crippen molar-refractivity contribution in [2.75, 3.05) is 31.6 Å². The highest BCUT2D eigenvalue weighted by atomic mass is 16.5. The van der Waals surface area contributed by atoms with Gasteiger partial charge >= 0.3 is 0 Å². The summed E-state index contributed by atoms with van der Waals surface area (Å²) in [5.41, 5.74) is 4.35. The molecule has 2 heterocycles. The van der Waals surface area contributed by atoms with Crippen LogP contribution in [0.4, 0.5) is 5.69 Å². The van der Waals surface area contributed by atoms with Gasteiger partial charge in [0.05, 0.1) is 13.2 Å². The number of rotatable bonds is 7. The highest BCUT2D eigenvalue weighted by Gasteiger charge is 2.28. The van der Waals surface area contributed by atoms with Crippen LogP contribution in [-0.2, 0) is 29.0 Å². The molecule has 0 aliphatic carbocycles. The molecule has 5 rings (SSSR count). The second-order valence-corrected chi connectivity index (χ2v) is 8.88. The predicted molar refractivity (Wildman–Crippen MR) is 133 cm³/mol. The molecule has 0 bridgehead atoms. The Bertz CT molecular complexity index is 1180. The highest BCUT2D eigenvalue weighted by molar-refractivity contribution is 5.98. The topological polar surface area (TPSA) is 79.9 Å². The van der Waals surface area contributed by atoms with Crippen molar-refractivity contribution in [1.29, 1.82) is 0 Å². The fourth-order valence-corrected chi connectivity index (χ4v) is 4.43. The largest absolute Gasteiger partial charge is 0.480 e. The van der Waals surface area contributed by atoms with E-state index in [1.54, 1.807) is 24.3 Å². The molecule has 0 spiro atoms. The molecule has 0 aromatic heterocycles. The molecule has 2 aliphatic rings. The molecular weight excluding hydrogens is 442 g/mol. The van der Waals surface area contributed by atoms with Crippen molar-refractivity contribution < 1.29 is 19.1 Å². The Labute approximate surface area is 205 Å². The molecule has 35 heavy (non-hydrogen) atoms. The first-order valence-electron chi connectivity index (χ1n) is 12.0. The molecule has 0 saturated carbocycles. The van der Waals surface area contributed by atoms with E-state index in [-0.39, 0.29) is 11.8 Å². The van der Waals surface area contributed by atoms with Gasteiger partial charge in [-0.25, -0.2) is 0 Å². The Morgan fingerprint density at radius 2 is 1.71 bits per heavy atom. The van der Waals surface area contributed by atoms with Crippen LogP contribution < -0.4 is 15.4 Å². The van der Waals surface area contributed by atoms with Gasteiger partial charge in [-0.3, -0.25) is 14.5 Å². The van der Waals surface area contributed by atoms with Gasteiger partial charge in [-0.2, -0.15) is 0 Å². The van der Waals surface area contributed by atoms with Crippen LogP contribution in [0.15, 0.2) is 72.8 Å². The third-order valence-electron chi connectivity index (χ3n) is 6.29. The lowest BCUT2D eigenvalue weighted by atomic mass is 10.1. The predicted octanol–water partition coefficient (Wildman–Crippen LogP) is 3.39. The lowest BCUT2D eigenvalue weighted by molar-refractivity contribution is -0.122. The van der Waals surface area contributed by atoms with Crippen LogP contribution in [0.3, 0.4) is 0 Å². The first kappa shape index (κ1) is 23.1. The Morgan fingerprint density at radius 1 is 0.914 bits per heavy atom. The minimum absolute atomic E-state index is 0.191. The molecule has 1 saturated heterocycles. The second kappa shape index (κ2) is 10.7. The van der Waals surface area contributed by atoms with Gasteiger partial charge in [0.1, 0.15) is 5.75 Å². The van der Waals surface area contributed by atoms with Gasteiger partial charge in [0.15, 0.2) is 6.10 Å². The quantitative estimate of drug-likeness (QED) is 0.552. The maximum Gasteiger partial charge on any atom is 0.265 e. The van der Waals surface area contributed by atoms with Crippen LogP contribution in [0.1, 0.15) is 27.0 Å². The molecule has 2 aliphatic heterocycles.